The summed E-state index contributed by atoms with van der Waals surface area (Å²) in [4.78, 5) is 16.0. The van der Waals surface area contributed by atoms with Gasteiger partial charge in [0.15, 0.2) is 0 Å². The smallest absolute Gasteiger partial charge is 0.270 e. The average molecular weight is 269 g/mol. The Bertz CT molecular complexity index is 382. The van der Waals surface area contributed by atoms with Gasteiger partial charge < -0.3 is 5.32 Å². The molecule has 1 N–H and O–H groups in total. The summed E-state index contributed by atoms with van der Waals surface area (Å²) in [6.45, 7) is 4.28. The first-order valence-electron chi connectivity index (χ1n) is 6.59. The predicted octanol–water partition coefficient (Wildman–Crippen LogP) is 3.82. The van der Waals surface area contributed by atoms with Crippen LogP contribution in [0.15, 0.2) is 18.3 Å². The summed E-state index contributed by atoms with van der Waals surface area (Å²) in [6, 6.07) is 3.50. The van der Waals surface area contributed by atoms with Crippen molar-refractivity contribution in [2.45, 2.75) is 52.0 Å². The van der Waals surface area contributed by atoms with Crippen molar-refractivity contribution >= 4 is 17.5 Å². The number of hydrogen-bond acceptors (Lipinski definition) is 2. The molecule has 1 aromatic rings. The summed E-state index contributed by atoms with van der Waals surface area (Å²) >= 11 is 5.85. The van der Waals surface area contributed by atoms with Gasteiger partial charge >= 0.3 is 0 Å². The number of aromatic nitrogens is 1. The molecule has 0 saturated heterocycles. The summed E-state index contributed by atoms with van der Waals surface area (Å²) in [5, 5.41) is 3.57. The van der Waals surface area contributed by atoms with E-state index in [-0.39, 0.29) is 11.9 Å². The minimum absolute atomic E-state index is 0.132. The van der Waals surface area contributed by atoms with E-state index in [0.717, 1.165) is 32.1 Å². The molecule has 0 spiro atoms. The number of unbranched alkanes of at least 4 members (excludes halogenated alkanes) is 1. The number of nitrogens with zero attached hydrogens (tertiary/aromatic N) is 1. The van der Waals surface area contributed by atoms with Crippen LogP contribution in [0.4, 0.5) is 0 Å². The number of nitrogens with one attached hydrogen (secondary N) is 1. The number of rotatable bonds is 7. The molecule has 4 heteroatoms. The lowest BCUT2D eigenvalue weighted by Crippen LogP contribution is -2.35. The third kappa shape index (κ3) is 5.05. The van der Waals surface area contributed by atoms with Crippen LogP contribution in [0.3, 0.4) is 0 Å². The van der Waals surface area contributed by atoms with E-state index >= 15 is 0 Å². The van der Waals surface area contributed by atoms with Crippen molar-refractivity contribution < 1.29 is 4.79 Å². The van der Waals surface area contributed by atoms with Gasteiger partial charge in [-0.15, -0.1) is 0 Å². The van der Waals surface area contributed by atoms with Gasteiger partial charge in [0.1, 0.15) is 5.69 Å². The van der Waals surface area contributed by atoms with Gasteiger partial charge in [0.2, 0.25) is 0 Å². The number of carbonyl (C=O) groups excluding carboxylic acids is 1. The molecule has 1 aromatic heterocycles. The van der Waals surface area contributed by atoms with Crippen LogP contribution in [0.25, 0.3) is 0 Å². The van der Waals surface area contributed by atoms with Crippen LogP contribution >= 0.6 is 11.6 Å². The first kappa shape index (κ1) is 15.0. The topological polar surface area (TPSA) is 42.0 Å². The second kappa shape index (κ2) is 8.09. The molecule has 0 aliphatic carbocycles. The van der Waals surface area contributed by atoms with Gasteiger partial charge in [-0.1, -0.05) is 44.7 Å². The van der Waals surface area contributed by atoms with E-state index in [0.29, 0.717) is 10.7 Å². The maximum atomic E-state index is 12.0. The van der Waals surface area contributed by atoms with E-state index in [1.54, 1.807) is 18.3 Å². The normalized spacial score (nSPS) is 12.2. The van der Waals surface area contributed by atoms with Crippen LogP contribution in [-0.4, -0.2) is 16.9 Å². The number of hydrogen-bond donors (Lipinski definition) is 1. The van der Waals surface area contributed by atoms with Crippen LogP contribution in [-0.2, 0) is 0 Å². The van der Waals surface area contributed by atoms with Crippen molar-refractivity contribution in [1.29, 1.82) is 0 Å². The van der Waals surface area contributed by atoms with E-state index < -0.39 is 0 Å². The van der Waals surface area contributed by atoms with Gasteiger partial charge in [-0.2, -0.15) is 0 Å². The Morgan fingerprint density at radius 2 is 2.17 bits per heavy atom. The minimum Gasteiger partial charge on any atom is -0.348 e. The molecule has 0 radical (unpaired) electrons. The number of carbonyl (C=O) groups is 1. The molecule has 3 nitrogen and oxygen atoms in total. The molecule has 0 aromatic carbocycles. The van der Waals surface area contributed by atoms with Crippen molar-refractivity contribution in [3.8, 4) is 0 Å². The Morgan fingerprint density at radius 1 is 1.39 bits per heavy atom. The van der Waals surface area contributed by atoms with Crippen molar-refractivity contribution in [3.05, 3.63) is 29.0 Å². The molecule has 0 saturated carbocycles. The molecule has 18 heavy (non-hydrogen) atoms. The standard InChI is InChI=1S/C14H21ClN2O/c1-3-5-7-12(6-4-2)17-14(18)13-10-11(15)8-9-16-13/h8-10,12H,3-7H2,1-2H3,(H,17,18). The summed E-state index contributed by atoms with van der Waals surface area (Å²) in [7, 11) is 0. The van der Waals surface area contributed by atoms with Gasteiger partial charge in [0.25, 0.3) is 5.91 Å². The highest BCUT2D eigenvalue weighted by atomic mass is 35.5. The highest BCUT2D eigenvalue weighted by Crippen LogP contribution is 2.10. The van der Waals surface area contributed by atoms with E-state index in [1.165, 1.54) is 0 Å². The van der Waals surface area contributed by atoms with E-state index in [2.05, 4.69) is 24.1 Å². The molecule has 0 aliphatic rings. The molecule has 1 heterocycles. The molecule has 1 amide bonds. The van der Waals surface area contributed by atoms with Gasteiger partial charge in [-0.25, -0.2) is 0 Å². The van der Waals surface area contributed by atoms with Gasteiger partial charge in [-0.3, -0.25) is 9.78 Å². The summed E-state index contributed by atoms with van der Waals surface area (Å²) in [5.41, 5.74) is 0.389. The molecule has 0 aliphatic heterocycles. The van der Waals surface area contributed by atoms with Crippen molar-refractivity contribution in [2.75, 3.05) is 0 Å². The predicted molar refractivity (Wildman–Crippen MR) is 74.9 cm³/mol. The quantitative estimate of drug-likeness (QED) is 0.817. The molecule has 0 fully saturated rings. The Hall–Kier alpha value is -1.09. The minimum atomic E-state index is -0.132. The van der Waals surface area contributed by atoms with Crippen LogP contribution < -0.4 is 5.32 Å². The molecule has 1 rings (SSSR count). The Labute approximate surface area is 114 Å². The fraction of sp³-hybridized carbons (Fsp3) is 0.571. The van der Waals surface area contributed by atoms with Crippen molar-refractivity contribution in [2.24, 2.45) is 0 Å². The van der Waals surface area contributed by atoms with Gasteiger partial charge in [0.05, 0.1) is 0 Å². The highest BCUT2D eigenvalue weighted by molar-refractivity contribution is 6.30. The second-order valence-electron chi connectivity index (χ2n) is 4.46. The molecule has 0 bridgehead atoms. The SMILES string of the molecule is CCCCC(CCC)NC(=O)c1cc(Cl)ccn1. The zero-order valence-corrected chi connectivity index (χ0v) is 11.8. The fourth-order valence-electron chi connectivity index (χ4n) is 1.88. The number of amides is 1. The first-order chi connectivity index (χ1) is 8.67. The lowest BCUT2D eigenvalue weighted by atomic mass is 10.1. The maximum absolute atomic E-state index is 12.0. The van der Waals surface area contributed by atoms with E-state index in [4.69, 9.17) is 11.6 Å². The third-order valence-electron chi connectivity index (χ3n) is 2.83. The zero-order chi connectivity index (χ0) is 13.4. The highest BCUT2D eigenvalue weighted by Gasteiger charge is 2.13. The zero-order valence-electron chi connectivity index (χ0n) is 11.1. The van der Waals surface area contributed by atoms with Crippen LogP contribution in [0.2, 0.25) is 5.02 Å². The summed E-state index contributed by atoms with van der Waals surface area (Å²) in [5.74, 6) is -0.132. The van der Waals surface area contributed by atoms with Gasteiger partial charge in [-0.05, 0) is 25.0 Å². The monoisotopic (exact) mass is 268 g/mol. The van der Waals surface area contributed by atoms with Crippen molar-refractivity contribution in [3.63, 3.8) is 0 Å². The van der Waals surface area contributed by atoms with Crippen molar-refractivity contribution in [1.82, 2.24) is 10.3 Å². The average Bonchev–Trinajstić information content (AvgIpc) is 2.36. The lowest BCUT2D eigenvalue weighted by molar-refractivity contribution is 0.0927. The number of pyridine rings is 1. The summed E-state index contributed by atoms with van der Waals surface area (Å²) in [6.07, 6.45) is 6.93. The maximum Gasteiger partial charge on any atom is 0.270 e. The fourth-order valence-corrected chi connectivity index (χ4v) is 2.04. The largest absolute Gasteiger partial charge is 0.348 e. The van der Waals surface area contributed by atoms with Gasteiger partial charge in [0, 0.05) is 17.3 Å². The van der Waals surface area contributed by atoms with E-state index in [1.807, 2.05) is 0 Å². The molecule has 1 unspecified atom stereocenters. The third-order valence-corrected chi connectivity index (χ3v) is 3.07. The first-order valence-corrected chi connectivity index (χ1v) is 6.97. The summed E-state index contributed by atoms with van der Waals surface area (Å²) < 4.78 is 0. The number of halogens is 1. The second-order valence-corrected chi connectivity index (χ2v) is 4.90. The molecular weight excluding hydrogens is 248 g/mol. The molecule has 1 atom stereocenters. The Kier molecular flexibility index (Phi) is 6.73. The van der Waals surface area contributed by atoms with E-state index in [9.17, 15) is 4.79 Å². The van der Waals surface area contributed by atoms with Crippen LogP contribution in [0.5, 0.6) is 0 Å². The van der Waals surface area contributed by atoms with Crippen LogP contribution in [0, 0.1) is 0 Å². The lowest BCUT2D eigenvalue weighted by Gasteiger charge is -2.17. The Morgan fingerprint density at radius 3 is 2.78 bits per heavy atom. The van der Waals surface area contributed by atoms with Crippen LogP contribution in [0.1, 0.15) is 56.4 Å². The Balaban J connectivity index is 2.59. The molecular formula is C14H21ClN2O. The molecule has 100 valence electrons.